The molecule has 0 N–H and O–H groups in total. The van der Waals surface area contributed by atoms with E-state index in [0.717, 1.165) is 70.2 Å². The third-order valence-electron chi connectivity index (χ3n) is 18.0. The molecule has 0 saturated heterocycles. The zero-order valence-corrected chi connectivity index (χ0v) is 56.7. The van der Waals surface area contributed by atoms with Crippen molar-refractivity contribution in [1.29, 1.82) is 0 Å². The maximum atomic E-state index is 5.69. The third kappa shape index (κ3) is 20.2. The minimum Gasteiger partial charge on any atom is -0.381 e. The fourth-order valence-corrected chi connectivity index (χ4v) is 13.2. The first-order chi connectivity index (χ1) is 36.2. The molecule has 2 aromatic carbocycles. The van der Waals surface area contributed by atoms with E-state index in [9.17, 15) is 0 Å². The smallest absolute Gasteiger partial charge is 0.0543 e. The van der Waals surface area contributed by atoms with Crippen LogP contribution in [0.2, 0.25) is 0 Å². The number of hydrogen-bond donors (Lipinski definition) is 0. The van der Waals surface area contributed by atoms with Gasteiger partial charge in [0.05, 0.1) is 6.61 Å². The first-order valence-corrected chi connectivity index (χ1v) is 31.7. The summed E-state index contributed by atoms with van der Waals surface area (Å²) in [5, 5.41) is 0. The highest BCUT2D eigenvalue weighted by molar-refractivity contribution is 5.74. The Morgan fingerprint density at radius 1 is 0.456 bits per heavy atom. The zero-order chi connectivity index (χ0) is 59.7. The molecule has 0 bridgehead atoms. The second-order valence-electron chi connectivity index (χ2n) is 32.6. The predicted octanol–water partition coefficient (Wildman–Crippen LogP) is 19.1. The summed E-state index contributed by atoms with van der Waals surface area (Å²) in [7, 11) is 0. The highest BCUT2D eigenvalue weighted by Gasteiger charge is 2.41. The van der Waals surface area contributed by atoms with Gasteiger partial charge < -0.3 is 4.74 Å². The molecular weight excluding hydrogens is 961 g/mol. The summed E-state index contributed by atoms with van der Waals surface area (Å²) in [6, 6.07) is 22.0. The lowest BCUT2D eigenvalue weighted by molar-refractivity contribution is 0.0629. The maximum Gasteiger partial charge on any atom is 0.0543 e. The molecule has 4 heterocycles. The van der Waals surface area contributed by atoms with Crippen LogP contribution < -0.4 is 0 Å². The molecule has 0 radical (unpaired) electrons. The molecule has 448 valence electrons. The van der Waals surface area contributed by atoms with Crippen molar-refractivity contribution in [3.8, 4) is 0 Å². The molecule has 1 aliphatic carbocycles. The Morgan fingerprint density at radius 2 is 0.873 bits per heavy atom. The van der Waals surface area contributed by atoms with Crippen LogP contribution in [0.25, 0.3) is 5.57 Å². The second kappa shape index (κ2) is 27.7. The number of ether oxygens (including phenoxy) is 1. The topological polar surface area (TPSA) is 22.2 Å². The van der Waals surface area contributed by atoms with Crippen molar-refractivity contribution in [2.75, 3.05) is 65.6 Å². The largest absolute Gasteiger partial charge is 0.381 e. The molecule has 5 nitrogen and oxygen atoms in total. The van der Waals surface area contributed by atoms with Crippen LogP contribution in [0.1, 0.15) is 229 Å². The van der Waals surface area contributed by atoms with E-state index in [2.05, 4.69) is 279 Å². The molecule has 4 aliphatic heterocycles. The van der Waals surface area contributed by atoms with Gasteiger partial charge in [0, 0.05) is 93.0 Å². The summed E-state index contributed by atoms with van der Waals surface area (Å²) in [6.07, 6.45) is 14.4. The molecule has 7 rings (SSSR count). The monoisotopic (exact) mass is 1090 g/mol. The predicted molar refractivity (Wildman–Crippen MR) is 349 cm³/mol. The second-order valence-corrected chi connectivity index (χ2v) is 32.6. The first kappa shape index (κ1) is 68.7. The molecule has 5 heteroatoms. The van der Waals surface area contributed by atoms with Crippen LogP contribution in [0.3, 0.4) is 0 Å². The summed E-state index contributed by atoms with van der Waals surface area (Å²) in [5.41, 5.74) is 12.9. The fourth-order valence-electron chi connectivity index (χ4n) is 13.2. The van der Waals surface area contributed by atoms with E-state index in [0.29, 0.717) is 33.7 Å². The molecule has 4 unspecified atom stereocenters. The summed E-state index contributed by atoms with van der Waals surface area (Å²) < 4.78 is 5.69. The molecule has 0 spiro atoms. The minimum absolute atomic E-state index is 0.135. The quantitative estimate of drug-likeness (QED) is 0.245. The lowest BCUT2D eigenvalue weighted by Gasteiger charge is -2.48. The van der Waals surface area contributed by atoms with Gasteiger partial charge in [0.1, 0.15) is 0 Å². The Morgan fingerprint density at radius 3 is 1.27 bits per heavy atom. The Balaban J connectivity index is 0.000000231. The molecule has 0 aromatic heterocycles. The molecule has 1 saturated carbocycles. The normalized spacial score (nSPS) is 23.2. The van der Waals surface area contributed by atoms with Crippen LogP contribution in [-0.2, 0) is 4.74 Å². The van der Waals surface area contributed by atoms with Gasteiger partial charge in [-0.05, 0) is 165 Å². The Kier molecular flexibility index (Phi) is 24.1. The van der Waals surface area contributed by atoms with E-state index in [4.69, 9.17) is 4.74 Å². The summed E-state index contributed by atoms with van der Waals surface area (Å²) >= 11 is 0. The first-order valence-electron chi connectivity index (χ1n) is 31.7. The van der Waals surface area contributed by atoms with Crippen LogP contribution in [0, 0.1) is 45.3 Å². The number of hydrogen-bond acceptors (Lipinski definition) is 5. The standard InChI is InChI=1S/C25H33N.C17H31N.C16H31NO.C16H31N/c1-24(2,3)23-21(19-13-9-7-10-14-19)17-26(25(4,5)6)18-22(23)20-15-11-8-12-16-20;1-16(2,3)15-10-11-18(17(4,5)6)12-14(15)13-8-7-9-13;1-8-18-12-13-11-17(16(5,6)7)10-9-14(13)15(2,3)4;1-8-9-13-12-17(16(5,6)7)11-10-14(13)15(2,3)4/h7-16,21H,17-18H2,1-6H3;10,13-14H,7-9,11-12H2,1-6H3;9,13H,8,10-12H2,1-7H3;10,13H,8-9,11-12H2,1-7H3. The van der Waals surface area contributed by atoms with E-state index in [1.54, 1.807) is 22.3 Å². The molecule has 4 atom stereocenters. The van der Waals surface area contributed by atoms with Gasteiger partial charge in [0.15, 0.2) is 0 Å². The van der Waals surface area contributed by atoms with Crippen molar-refractivity contribution in [2.45, 2.75) is 240 Å². The van der Waals surface area contributed by atoms with Crippen LogP contribution in [0.15, 0.2) is 101 Å². The van der Waals surface area contributed by atoms with Gasteiger partial charge in [0.2, 0.25) is 0 Å². The number of rotatable bonds is 8. The van der Waals surface area contributed by atoms with E-state index in [-0.39, 0.29) is 21.9 Å². The highest BCUT2D eigenvalue weighted by atomic mass is 16.5. The maximum absolute atomic E-state index is 5.69. The molecular formula is C74H126N4O. The van der Waals surface area contributed by atoms with Crippen LogP contribution in [0.4, 0.5) is 0 Å². The van der Waals surface area contributed by atoms with E-state index >= 15 is 0 Å². The molecule has 79 heavy (non-hydrogen) atoms. The van der Waals surface area contributed by atoms with E-state index < -0.39 is 0 Å². The fraction of sp³-hybridized carbons (Fsp3) is 0.730. The highest BCUT2D eigenvalue weighted by Crippen LogP contribution is 2.48. The van der Waals surface area contributed by atoms with Crippen molar-refractivity contribution in [1.82, 2.24) is 19.6 Å². The van der Waals surface area contributed by atoms with Gasteiger partial charge in [-0.25, -0.2) is 0 Å². The minimum atomic E-state index is 0.135. The molecule has 2 aromatic rings. The number of benzene rings is 2. The molecule has 5 aliphatic rings. The van der Waals surface area contributed by atoms with Crippen molar-refractivity contribution in [3.05, 3.63) is 112 Å². The van der Waals surface area contributed by atoms with Gasteiger partial charge in [0.25, 0.3) is 0 Å². The van der Waals surface area contributed by atoms with Crippen molar-refractivity contribution in [3.63, 3.8) is 0 Å². The summed E-state index contributed by atoms with van der Waals surface area (Å²) in [5.74, 6) is 3.50. The third-order valence-corrected chi connectivity index (χ3v) is 18.0. The van der Waals surface area contributed by atoms with Crippen LogP contribution in [-0.4, -0.2) is 107 Å². The van der Waals surface area contributed by atoms with Crippen LogP contribution in [0.5, 0.6) is 0 Å². The average molecular weight is 1090 g/mol. The van der Waals surface area contributed by atoms with Gasteiger partial charge in [-0.2, -0.15) is 0 Å². The SMILES string of the molecule is CC(C)(C)C1=C(c2ccccc2)CN(C(C)(C)C)CC1c1ccccc1.CC(C)(C)C1=CCN(C(C)(C)C)CC1C1CCC1.CCCC1CN(C(C)(C)C)CC=C1C(C)(C)C.CCOCC1CN(C(C)(C)C)CC=C1C(C)(C)C. The number of nitrogens with zero attached hydrogens (tertiary/aromatic N) is 4. The Labute approximate surface area is 490 Å². The van der Waals surface area contributed by atoms with Gasteiger partial charge in [-0.3, -0.25) is 19.6 Å². The van der Waals surface area contributed by atoms with Crippen LogP contribution >= 0.6 is 0 Å². The van der Waals surface area contributed by atoms with Crippen molar-refractivity contribution in [2.24, 2.45) is 45.3 Å². The Bertz CT molecular complexity index is 2270. The van der Waals surface area contributed by atoms with E-state index in [1.165, 1.54) is 61.9 Å². The van der Waals surface area contributed by atoms with Gasteiger partial charge >= 0.3 is 0 Å². The Hall–Kier alpha value is -2.80. The summed E-state index contributed by atoms with van der Waals surface area (Å²) in [4.78, 5) is 10.5. The average Bonchev–Trinajstić information content (AvgIpc) is 3.31. The van der Waals surface area contributed by atoms with Gasteiger partial charge in [-0.1, -0.05) is 204 Å². The van der Waals surface area contributed by atoms with Gasteiger partial charge in [-0.15, -0.1) is 0 Å². The lowest BCUT2D eigenvalue weighted by Crippen LogP contribution is -2.50. The molecule has 1 fully saturated rings. The van der Waals surface area contributed by atoms with Crippen molar-refractivity contribution >= 4 is 5.57 Å². The zero-order valence-electron chi connectivity index (χ0n) is 56.7. The van der Waals surface area contributed by atoms with E-state index in [1.807, 2.05) is 0 Å². The lowest BCUT2D eigenvalue weighted by atomic mass is 9.65. The molecule has 0 amide bonds. The summed E-state index contributed by atoms with van der Waals surface area (Å²) in [6.45, 7) is 71.3. The van der Waals surface area contributed by atoms with Crippen molar-refractivity contribution < 1.29 is 4.74 Å².